The molecular formula is C14H23BrN2O. The molecule has 0 radical (unpaired) electrons. The van der Waals surface area contributed by atoms with Gasteiger partial charge in [-0.2, -0.15) is 0 Å². The fourth-order valence-electron chi connectivity index (χ4n) is 2.06. The van der Waals surface area contributed by atoms with Gasteiger partial charge in [0.1, 0.15) is 0 Å². The molecule has 0 aliphatic carbocycles. The third-order valence-corrected chi connectivity index (χ3v) is 3.59. The van der Waals surface area contributed by atoms with Crippen LogP contribution in [-0.2, 0) is 0 Å². The molecule has 0 aromatic heterocycles. The molecule has 0 amide bonds. The maximum Gasteiger partial charge on any atom is 0.0606 e. The Morgan fingerprint density at radius 3 is 2.67 bits per heavy atom. The third-order valence-electron chi connectivity index (χ3n) is 3.10. The summed E-state index contributed by atoms with van der Waals surface area (Å²) in [7, 11) is 1.96. The van der Waals surface area contributed by atoms with Crippen molar-refractivity contribution in [3.8, 4) is 0 Å². The molecule has 4 heteroatoms. The molecule has 0 saturated heterocycles. The number of aliphatic hydroxyl groups excluding tert-OH is 1. The van der Waals surface area contributed by atoms with E-state index in [0.29, 0.717) is 12.6 Å². The lowest BCUT2D eigenvalue weighted by Gasteiger charge is -2.28. The molecule has 1 atom stereocenters. The van der Waals surface area contributed by atoms with Gasteiger partial charge in [-0.1, -0.05) is 28.9 Å². The Labute approximate surface area is 118 Å². The summed E-state index contributed by atoms with van der Waals surface area (Å²) >= 11 is 3.53. The maximum absolute atomic E-state index is 9.21. The highest BCUT2D eigenvalue weighted by atomic mass is 79.9. The molecule has 1 aromatic rings. The van der Waals surface area contributed by atoms with Crippen molar-refractivity contribution in [1.29, 1.82) is 0 Å². The van der Waals surface area contributed by atoms with Crippen LogP contribution in [0.25, 0.3) is 0 Å². The second-order valence-corrected chi connectivity index (χ2v) is 5.34. The normalized spacial score (nSPS) is 12.5. The molecule has 0 heterocycles. The number of benzene rings is 1. The molecule has 0 bridgehead atoms. The minimum atomic E-state index is 0.180. The summed E-state index contributed by atoms with van der Waals surface area (Å²) in [5, 5.41) is 12.5. The summed E-state index contributed by atoms with van der Waals surface area (Å²) in [6.45, 7) is 6.12. The predicted octanol–water partition coefficient (Wildman–Crippen LogP) is 2.94. The Balaban J connectivity index is 3.12. The van der Waals surface area contributed by atoms with Crippen LogP contribution >= 0.6 is 15.9 Å². The van der Waals surface area contributed by atoms with Gasteiger partial charge in [0.15, 0.2) is 0 Å². The summed E-state index contributed by atoms with van der Waals surface area (Å²) in [6, 6.07) is 6.64. The summed E-state index contributed by atoms with van der Waals surface area (Å²) in [6.07, 6.45) is 1.07. The lowest BCUT2D eigenvalue weighted by Crippen LogP contribution is -2.29. The summed E-state index contributed by atoms with van der Waals surface area (Å²) in [4.78, 5) is 2.24. The second-order valence-electron chi connectivity index (χ2n) is 4.42. The number of halogens is 1. The van der Waals surface area contributed by atoms with Crippen LogP contribution in [0.2, 0.25) is 0 Å². The molecule has 0 aliphatic rings. The largest absolute Gasteiger partial charge is 0.395 e. The van der Waals surface area contributed by atoms with Crippen molar-refractivity contribution >= 4 is 21.6 Å². The van der Waals surface area contributed by atoms with Crippen molar-refractivity contribution in [3.05, 3.63) is 28.2 Å². The van der Waals surface area contributed by atoms with Crippen molar-refractivity contribution in [3.63, 3.8) is 0 Å². The van der Waals surface area contributed by atoms with Gasteiger partial charge >= 0.3 is 0 Å². The minimum Gasteiger partial charge on any atom is -0.395 e. The van der Waals surface area contributed by atoms with Gasteiger partial charge in [-0.15, -0.1) is 0 Å². The molecule has 18 heavy (non-hydrogen) atoms. The highest BCUT2D eigenvalue weighted by Crippen LogP contribution is 2.29. The number of aliphatic hydroxyl groups is 1. The number of nitrogens with one attached hydrogen (secondary N) is 1. The topological polar surface area (TPSA) is 35.5 Å². The third kappa shape index (κ3) is 3.97. The Morgan fingerprint density at radius 2 is 2.11 bits per heavy atom. The van der Waals surface area contributed by atoms with Gasteiger partial charge in [-0.25, -0.2) is 0 Å². The number of hydrogen-bond acceptors (Lipinski definition) is 3. The first-order valence-corrected chi connectivity index (χ1v) is 7.25. The van der Waals surface area contributed by atoms with E-state index in [4.69, 9.17) is 0 Å². The molecule has 0 aliphatic heterocycles. The van der Waals surface area contributed by atoms with E-state index in [2.05, 4.69) is 58.2 Å². The molecule has 1 rings (SSSR count). The molecule has 1 aromatic carbocycles. The highest BCUT2D eigenvalue weighted by molar-refractivity contribution is 9.10. The van der Waals surface area contributed by atoms with E-state index in [0.717, 1.165) is 17.4 Å². The Morgan fingerprint density at radius 1 is 1.39 bits per heavy atom. The Kier molecular flexibility index (Phi) is 6.68. The van der Waals surface area contributed by atoms with E-state index in [-0.39, 0.29) is 6.61 Å². The van der Waals surface area contributed by atoms with Gasteiger partial charge in [0.2, 0.25) is 0 Å². The first kappa shape index (κ1) is 15.5. The monoisotopic (exact) mass is 314 g/mol. The fraction of sp³-hybridized carbons (Fsp3) is 0.571. The van der Waals surface area contributed by atoms with Gasteiger partial charge in [-0.05, 0) is 38.1 Å². The summed E-state index contributed by atoms with van der Waals surface area (Å²) < 4.78 is 1.07. The molecule has 1 unspecified atom stereocenters. The molecule has 0 spiro atoms. The van der Waals surface area contributed by atoms with Gasteiger partial charge in [0.05, 0.1) is 6.61 Å². The predicted molar refractivity (Wildman–Crippen MR) is 81.2 cm³/mol. The van der Waals surface area contributed by atoms with Gasteiger partial charge < -0.3 is 15.3 Å². The first-order chi connectivity index (χ1) is 8.63. The minimum absolute atomic E-state index is 0.180. The number of hydrogen-bond donors (Lipinski definition) is 2. The van der Waals surface area contributed by atoms with Crippen LogP contribution in [0.5, 0.6) is 0 Å². The van der Waals surface area contributed by atoms with E-state index in [1.165, 1.54) is 11.3 Å². The van der Waals surface area contributed by atoms with Crippen LogP contribution in [0, 0.1) is 0 Å². The molecule has 3 nitrogen and oxygen atoms in total. The maximum atomic E-state index is 9.21. The Hall–Kier alpha value is -0.580. The molecule has 102 valence electrons. The van der Waals surface area contributed by atoms with E-state index >= 15 is 0 Å². The van der Waals surface area contributed by atoms with Crippen molar-refractivity contribution in [2.75, 3.05) is 31.6 Å². The summed E-state index contributed by atoms with van der Waals surface area (Å²) in [5.74, 6) is 0. The van der Waals surface area contributed by atoms with Gasteiger partial charge in [-0.3, -0.25) is 0 Å². The first-order valence-electron chi connectivity index (χ1n) is 6.46. The average Bonchev–Trinajstić information content (AvgIpc) is 2.37. The zero-order chi connectivity index (χ0) is 13.5. The van der Waals surface area contributed by atoms with Crippen LogP contribution < -0.4 is 10.2 Å². The van der Waals surface area contributed by atoms with Crippen molar-refractivity contribution in [2.45, 2.75) is 26.3 Å². The number of nitrogens with zero attached hydrogens (tertiary/aromatic N) is 1. The fourth-order valence-corrected chi connectivity index (χ4v) is 2.40. The smallest absolute Gasteiger partial charge is 0.0606 e. The quantitative estimate of drug-likeness (QED) is 0.812. The van der Waals surface area contributed by atoms with Crippen LogP contribution in [0.4, 0.5) is 5.69 Å². The zero-order valence-electron chi connectivity index (χ0n) is 11.4. The lowest BCUT2D eigenvalue weighted by molar-refractivity contribution is 0.301. The van der Waals surface area contributed by atoms with Crippen molar-refractivity contribution in [2.24, 2.45) is 0 Å². The molecule has 2 N–H and O–H groups in total. The lowest BCUT2D eigenvalue weighted by atomic mass is 10.0. The Bertz CT molecular complexity index is 365. The molecular weight excluding hydrogens is 292 g/mol. The van der Waals surface area contributed by atoms with Crippen molar-refractivity contribution in [1.82, 2.24) is 5.32 Å². The number of anilines is 1. The standard InChI is InChI=1S/C14H23BrN2O/c1-4-7-17(8-9-18)14-10-12(15)5-6-13(14)11(2)16-3/h5-6,10-11,16,18H,4,7-9H2,1-3H3. The SMILES string of the molecule is CCCN(CCO)c1cc(Br)ccc1C(C)NC. The molecule has 0 fully saturated rings. The van der Waals surface area contributed by atoms with E-state index in [1.807, 2.05) is 7.05 Å². The summed E-state index contributed by atoms with van der Waals surface area (Å²) in [5.41, 5.74) is 2.46. The number of rotatable bonds is 7. The van der Waals surface area contributed by atoms with Crippen LogP contribution in [0.3, 0.4) is 0 Å². The van der Waals surface area contributed by atoms with E-state index < -0.39 is 0 Å². The molecule has 0 saturated carbocycles. The van der Waals surface area contributed by atoms with Crippen LogP contribution in [0.15, 0.2) is 22.7 Å². The van der Waals surface area contributed by atoms with Crippen LogP contribution in [-0.4, -0.2) is 31.9 Å². The highest BCUT2D eigenvalue weighted by Gasteiger charge is 2.14. The second kappa shape index (κ2) is 7.77. The van der Waals surface area contributed by atoms with Crippen LogP contribution in [0.1, 0.15) is 31.9 Å². The van der Waals surface area contributed by atoms with Crippen molar-refractivity contribution < 1.29 is 5.11 Å². The van der Waals surface area contributed by atoms with E-state index in [1.54, 1.807) is 0 Å². The van der Waals surface area contributed by atoms with Gasteiger partial charge in [0, 0.05) is 29.3 Å². The van der Waals surface area contributed by atoms with Gasteiger partial charge in [0.25, 0.3) is 0 Å². The average molecular weight is 315 g/mol. The zero-order valence-corrected chi connectivity index (χ0v) is 13.0. The van der Waals surface area contributed by atoms with E-state index in [9.17, 15) is 5.11 Å².